The maximum Gasteiger partial charge on any atom is 0.416 e. The van der Waals surface area contributed by atoms with E-state index in [-0.39, 0.29) is 12.4 Å². The monoisotopic (exact) mass is 494 g/mol. The topological polar surface area (TPSA) is 74.8 Å². The van der Waals surface area contributed by atoms with E-state index in [0.717, 1.165) is 27.7 Å². The Labute approximate surface area is 206 Å². The summed E-state index contributed by atoms with van der Waals surface area (Å²) in [5.74, 6) is 0.558. The Balaban J connectivity index is 1.51. The van der Waals surface area contributed by atoms with Crippen molar-refractivity contribution < 1.29 is 23.8 Å². The third kappa shape index (κ3) is 4.83. The highest BCUT2D eigenvalue weighted by molar-refractivity contribution is 6.31. The van der Waals surface area contributed by atoms with Crippen LogP contribution in [0, 0.1) is 5.82 Å². The van der Waals surface area contributed by atoms with Gasteiger partial charge in [0.1, 0.15) is 23.4 Å². The average molecular weight is 495 g/mol. The van der Waals surface area contributed by atoms with Crippen molar-refractivity contribution in [2.75, 3.05) is 19.8 Å². The molecule has 1 aromatic heterocycles. The summed E-state index contributed by atoms with van der Waals surface area (Å²) in [7, 11) is 0. The highest BCUT2D eigenvalue weighted by atomic mass is 35.5. The molecule has 2 N–H and O–H groups in total. The van der Waals surface area contributed by atoms with Gasteiger partial charge < -0.3 is 19.6 Å². The van der Waals surface area contributed by atoms with Crippen LogP contribution in [0.5, 0.6) is 11.5 Å². The number of carbonyl (C=O) groups excluding carboxylic acids is 1. The number of aromatic nitrogens is 1. The van der Waals surface area contributed by atoms with Crippen LogP contribution in [-0.2, 0) is 6.42 Å². The second-order valence-electron chi connectivity index (χ2n) is 8.37. The molecule has 0 bridgehead atoms. The summed E-state index contributed by atoms with van der Waals surface area (Å²) < 4.78 is 24.6. The second kappa shape index (κ2) is 9.98. The Kier molecular flexibility index (Phi) is 6.61. The van der Waals surface area contributed by atoms with E-state index in [1.807, 2.05) is 42.5 Å². The molecule has 0 saturated heterocycles. The molecule has 0 radical (unpaired) electrons. The number of nitrogens with one attached hydrogen (secondary N) is 1. The van der Waals surface area contributed by atoms with Crippen LogP contribution in [0.4, 0.5) is 9.18 Å². The fourth-order valence-electron chi connectivity index (χ4n) is 4.47. The van der Waals surface area contributed by atoms with Gasteiger partial charge >= 0.3 is 6.09 Å². The molecule has 8 heteroatoms. The molecule has 180 valence electrons. The van der Waals surface area contributed by atoms with Gasteiger partial charge in [-0.3, -0.25) is 4.90 Å². The molecule has 1 amide bonds. The normalized spacial score (nSPS) is 15.2. The Bertz CT molecular complexity index is 1340. The fraction of sp³-hybridized carbons (Fsp3) is 0.222. The SMILES string of the molecule is O=C(Oc1ccc(F)cc1)N1CCc2c([nH]c3ccc(Cl)cc23)C1c1ccc(OCCCO)cc1. The third-order valence-corrected chi connectivity index (χ3v) is 6.34. The maximum atomic E-state index is 13.3. The van der Waals surface area contributed by atoms with Gasteiger partial charge in [-0.1, -0.05) is 23.7 Å². The molecule has 0 aliphatic carbocycles. The summed E-state index contributed by atoms with van der Waals surface area (Å²) in [5, 5.41) is 10.7. The Morgan fingerprint density at radius 1 is 1.09 bits per heavy atom. The van der Waals surface area contributed by atoms with Crippen molar-refractivity contribution in [3.05, 3.63) is 94.4 Å². The summed E-state index contributed by atoms with van der Waals surface area (Å²) in [6.45, 7) is 0.923. The zero-order valence-corrected chi connectivity index (χ0v) is 19.6. The molecule has 0 saturated carbocycles. The molecular weight excluding hydrogens is 471 g/mol. The van der Waals surface area contributed by atoms with Crippen LogP contribution < -0.4 is 9.47 Å². The number of fused-ring (bicyclic) bond motifs is 3. The minimum atomic E-state index is -0.521. The molecule has 1 atom stereocenters. The summed E-state index contributed by atoms with van der Waals surface area (Å²) in [5.41, 5.74) is 3.84. The lowest BCUT2D eigenvalue weighted by Gasteiger charge is -2.35. The van der Waals surface area contributed by atoms with Crippen LogP contribution in [0.3, 0.4) is 0 Å². The predicted molar refractivity (Wildman–Crippen MR) is 132 cm³/mol. The summed E-state index contributed by atoms with van der Waals surface area (Å²) in [6, 6.07) is 18.2. The van der Waals surface area contributed by atoms with Crippen LogP contribution in [0.15, 0.2) is 66.7 Å². The lowest BCUT2D eigenvalue weighted by Crippen LogP contribution is -2.42. The number of hydrogen-bond donors (Lipinski definition) is 2. The molecule has 1 aliphatic heterocycles. The van der Waals surface area contributed by atoms with Crippen molar-refractivity contribution in [1.29, 1.82) is 0 Å². The van der Waals surface area contributed by atoms with E-state index in [4.69, 9.17) is 26.2 Å². The van der Waals surface area contributed by atoms with Crippen molar-refractivity contribution >= 4 is 28.6 Å². The number of aliphatic hydroxyl groups excluding tert-OH is 1. The number of carbonyl (C=O) groups is 1. The minimum absolute atomic E-state index is 0.0679. The first-order valence-corrected chi connectivity index (χ1v) is 11.8. The van der Waals surface area contributed by atoms with E-state index < -0.39 is 18.0 Å². The number of aromatic amines is 1. The molecule has 3 aromatic carbocycles. The van der Waals surface area contributed by atoms with Crippen LogP contribution in [0.25, 0.3) is 10.9 Å². The molecule has 1 aliphatic rings. The van der Waals surface area contributed by atoms with Crippen LogP contribution in [0.1, 0.15) is 29.3 Å². The van der Waals surface area contributed by atoms with Crippen molar-refractivity contribution in [3.8, 4) is 11.5 Å². The van der Waals surface area contributed by atoms with Crippen LogP contribution >= 0.6 is 11.6 Å². The molecule has 1 unspecified atom stereocenters. The van der Waals surface area contributed by atoms with Gasteiger partial charge in [0.2, 0.25) is 0 Å². The van der Waals surface area contributed by atoms with E-state index in [9.17, 15) is 9.18 Å². The highest BCUT2D eigenvalue weighted by Crippen LogP contribution is 2.40. The van der Waals surface area contributed by atoms with E-state index in [1.54, 1.807) is 4.90 Å². The van der Waals surface area contributed by atoms with Gasteiger partial charge in [-0.15, -0.1) is 0 Å². The lowest BCUT2D eigenvalue weighted by molar-refractivity contribution is 0.135. The van der Waals surface area contributed by atoms with Gasteiger partial charge in [-0.2, -0.15) is 0 Å². The van der Waals surface area contributed by atoms with E-state index in [0.29, 0.717) is 36.8 Å². The molecule has 35 heavy (non-hydrogen) atoms. The average Bonchev–Trinajstić information content (AvgIpc) is 3.23. The first kappa shape index (κ1) is 23.2. The standard InChI is InChI=1S/C27H24ClFN2O4/c28-18-4-11-24-23(16-18)22-12-13-31(27(33)35-21-9-5-19(29)6-10-21)26(25(22)30-24)17-2-7-20(8-3-17)34-15-1-14-32/h2-11,16,26,30,32H,1,12-15H2. The number of rotatable bonds is 6. The number of H-pyrrole nitrogens is 1. The number of halogens is 2. The molecule has 2 heterocycles. The van der Waals surface area contributed by atoms with Crippen molar-refractivity contribution in [1.82, 2.24) is 9.88 Å². The van der Waals surface area contributed by atoms with E-state index in [1.165, 1.54) is 24.3 Å². The molecular formula is C27H24ClFN2O4. The summed E-state index contributed by atoms with van der Waals surface area (Å²) in [4.78, 5) is 18.4. The molecule has 6 nitrogen and oxygen atoms in total. The maximum absolute atomic E-state index is 13.3. The zero-order valence-electron chi connectivity index (χ0n) is 18.8. The number of amides is 1. The number of aliphatic hydroxyl groups is 1. The predicted octanol–water partition coefficient (Wildman–Crippen LogP) is 5.87. The zero-order chi connectivity index (χ0) is 24.4. The lowest BCUT2D eigenvalue weighted by atomic mass is 9.92. The van der Waals surface area contributed by atoms with Gasteiger partial charge in [0, 0.05) is 41.2 Å². The van der Waals surface area contributed by atoms with Gasteiger partial charge in [0.15, 0.2) is 0 Å². The third-order valence-electron chi connectivity index (χ3n) is 6.11. The van der Waals surface area contributed by atoms with Crippen LogP contribution in [-0.4, -0.2) is 40.8 Å². The second-order valence-corrected chi connectivity index (χ2v) is 8.81. The van der Waals surface area contributed by atoms with Crippen molar-refractivity contribution in [3.63, 3.8) is 0 Å². The molecule has 0 spiro atoms. The Hall–Kier alpha value is -3.55. The highest BCUT2D eigenvalue weighted by Gasteiger charge is 2.35. The van der Waals surface area contributed by atoms with Crippen molar-refractivity contribution in [2.24, 2.45) is 0 Å². The largest absolute Gasteiger partial charge is 0.494 e. The molecule has 5 rings (SSSR count). The van der Waals surface area contributed by atoms with Gasteiger partial charge in [-0.05, 0) is 72.1 Å². The molecule has 0 fully saturated rings. The van der Waals surface area contributed by atoms with Gasteiger partial charge in [-0.25, -0.2) is 9.18 Å². The first-order valence-electron chi connectivity index (χ1n) is 11.4. The smallest absolute Gasteiger partial charge is 0.416 e. The Morgan fingerprint density at radius 2 is 1.83 bits per heavy atom. The quantitative estimate of drug-likeness (QED) is 0.329. The van der Waals surface area contributed by atoms with Crippen LogP contribution in [0.2, 0.25) is 5.02 Å². The number of nitrogens with zero attached hydrogens (tertiary/aromatic N) is 1. The number of hydrogen-bond acceptors (Lipinski definition) is 4. The van der Waals surface area contributed by atoms with Gasteiger partial charge in [0.25, 0.3) is 0 Å². The van der Waals surface area contributed by atoms with E-state index in [2.05, 4.69) is 4.98 Å². The van der Waals surface area contributed by atoms with Gasteiger partial charge in [0.05, 0.1) is 6.61 Å². The minimum Gasteiger partial charge on any atom is -0.494 e. The summed E-state index contributed by atoms with van der Waals surface area (Å²) >= 11 is 6.27. The fourth-order valence-corrected chi connectivity index (χ4v) is 4.64. The molecule has 4 aromatic rings. The number of benzene rings is 3. The first-order chi connectivity index (χ1) is 17.0. The Morgan fingerprint density at radius 3 is 2.57 bits per heavy atom. The number of ether oxygens (including phenoxy) is 2. The van der Waals surface area contributed by atoms with Crippen molar-refractivity contribution in [2.45, 2.75) is 18.9 Å². The van der Waals surface area contributed by atoms with E-state index >= 15 is 0 Å². The summed E-state index contributed by atoms with van der Waals surface area (Å²) in [6.07, 6.45) is 0.661.